The summed E-state index contributed by atoms with van der Waals surface area (Å²) in [6.07, 6.45) is 6.84. The van der Waals surface area contributed by atoms with Gasteiger partial charge >= 0.3 is 0 Å². The van der Waals surface area contributed by atoms with Gasteiger partial charge < -0.3 is 19.9 Å². The van der Waals surface area contributed by atoms with E-state index in [1.165, 1.54) is 11.1 Å². The number of anilines is 1. The number of ether oxygens (including phenoxy) is 1. The Morgan fingerprint density at radius 3 is 2.72 bits per heavy atom. The fraction of sp³-hybridized carbons (Fsp3) is 0.688. The number of hydrogen-bond acceptors (Lipinski definition) is 9. The van der Waals surface area contributed by atoms with E-state index >= 15 is 0 Å². The first-order valence-electron chi connectivity index (χ1n) is 16.1. The number of nitrogens with zero attached hydrogens (tertiary/aromatic N) is 4. The molecule has 6 atom stereocenters. The number of rotatable bonds is 2. The lowest BCUT2D eigenvalue weighted by molar-refractivity contribution is -0.209. The van der Waals surface area contributed by atoms with Gasteiger partial charge in [-0.3, -0.25) is 30.5 Å². The first-order valence-corrected chi connectivity index (χ1v) is 16.1. The predicted octanol–water partition coefficient (Wildman–Crippen LogP) is 1.69. The maximum atomic E-state index is 13.8. The van der Waals surface area contributed by atoms with Gasteiger partial charge in [0.1, 0.15) is 18.1 Å². The third-order valence-electron chi connectivity index (χ3n) is 10.2. The molecular weight excluding hydrogens is 544 g/mol. The number of morpholine rings is 1. The number of carbonyl (C=O) groups is 2. The lowest BCUT2D eigenvalue weighted by atomic mass is 9.78. The summed E-state index contributed by atoms with van der Waals surface area (Å²) in [7, 11) is 2.18. The number of carbonyl (C=O) groups excluding carboxylic acids is 2. The Bertz CT molecular complexity index is 1300. The average molecular weight is 593 g/mol. The van der Waals surface area contributed by atoms with Gasteiger partial charge in [-0.2, -0.15) is 5.01 Å². The summed E-state index contributed by atoms with van der Waals surface area (Å²) in [5, 5.41) is 18.9. The van der Waals surface area contributed by atoms with E-state index in [-0.39, 0.29) is 54.0 Å². The van der Waals surface area contributed by atoms with Crippen molar-refractivity contribution in [3.05, 3.63) is 41.5 Å². The van der Waals surface area contributed by atoms with Gasteiger partial charge in [-0.1, -0.05) is 32.1 Å². The minimum absolute atomic E-state index is 0.0269. The van der Waals surface area contributed by atoms with Crippen LogP contribution in [0.25, 0.3) is 0 Å². The van der Waals surface area contributed by atoms with Crippen LogP contribution in [-0.2, 0) is 26.3 Å². The normalized spacial score (nSPS) is 36.6. The fourth-order valence-electron chi connectivity index (χ4n) is 8.33. The molecule has 0 saturated carbocycles. The van der Waals surface area contributed by atoms with Crippen molar-refractivity contribution in [1.29, 1.82) is 0 Å². The number of nitrogens with one attached hydrogen (secondary N) is 4. The monoisotopic (exact) mass is 592 g/mol. The van der Waals surface area contributed by atoms with Gasteiger partial charge in [-0.05, 0) is 69.8 Å². The summed E-state index contributed by atoms with van der Waals surface area (Å²) >= 11 is 0. The highest BCUT2D eigenvalue weighted by Crippen LogP contribution is 2.37. The molecule has 4 N–H and O–H groups in total. The summed E-state index contributed by atoms with van der Waals surface area (Å²) in [5.41, 5.74) is 3.10. The number of piperidine rings is 1. The van der Waals surface area contributed by atoms with E-state index in [1.54, 1.807) is 0 Å². The summed E-state index contributed by atoms with van der Waals surface area (Å²) < 4.78 is 6.34. The van der Waals surface area contributed by atoms with E-state index in [0.29, 0.717) is 19.6 Å². The molecule has 1 aromatic carbocycles. The molecule has 2 bridgehead atoms. The first-order chi connectivity index (χ1) is 20.5. The molecule has 11 nitrogen and oxygen atoms in total. The summed E-state index contributed by atoms with van der Waals surface area (Å²) in [5.74, 6) is -0.0606. The predicted molar refractivity (Wildman–Crippen MR) is 164 cm³/mol. The van der Waals surface area contributed by atoms with Crippen LogP contribution in [0, 0.1) is 5.92 Å². The van der Waals surface area contributed by atoms with Crippen molar-refractivity contribution < 1.29 is 14.3 Å². The zero-order valence-corrected chi connectivity index (χ0v) is 26.2. The van der Waals surface area contributed by atoms with Gasteiger partial charge in [0.2, 0.25) is 5.91 Å². The number of hydrogen-bond donors (Lipinski definition) is 4. The maximum Gasteiger partial charge on any atom is 0.255 e. The van der Waals surface area contributed by atoms with Crippen molar-refractivity contribution in [2.75, 3.05) is 38.5 Å². The molecule has 43 heavy (non-hydrogen) atoms. The summed E-state index contributed by atoms with van der Waals surface area (Å²) in [4.78, 5) is 31.7. The van der Waals surface area contributed by atoms with Crippen molar-refractivity contribution in [3.8, 4) is 0 Å². The SMILES string of the molecule is CN1Cc2cc(NC3NCC4C(=O)N5C/C=C/CCCN6C(=O)C(C)(C)OC7CCC(NC76)N5C4N3)ccc2C(C)(C)C1. The Kier molecular flexibility index (Phi) is 7.34. The van der Waals surface area contributed by atoms with E-state index in [4.69, 9.17) is 4.74 Å². The molecule has 4 fully saturated rings. The second-order valence-corrected chi connectivity index (χ2v) is 14.4. The molecule has 0 aromatic heterocycles. The van der Waals surface area contributed by atoms with Crippen LogP contribution in [-0.4, -0.2) is 101 Å². The molecule has 6 unspecified atom stereocenters. The van der Waals surface area contributed by atoms with Crippen molar-refractivity contribution in [2.45, 2.75) is 102 Å². The van der Waals surface area contributed by atoms with Gasteiger partial charge in [0.25, 0.3) is 5.91 Å². The second-order valence-electron chi connectivity index (χ2n) is 14.4. The van der Waals surface area contributed by atoms with Gasteiger partial charge in [-0.15, -0.1) is 0 Å². The van der Waals surface area contributed by atoms with E-state index in [9.17, 15) is 9.59 Å². The van der Waals surface area contributed by atoms with Gasteiger partial charge in [0, 0.05) is 37.3 Å². The number of allylic oxidation sites excluding steroid dienone is 1. The van der Waals surface area contributed by atoms with Crippen LogP contribution in [0.5, 0.6) is 0 Å². The minimum atomic E-state index is -0.833. The zero-order chi connectivity index (χ0) is 30.1. The lowest BCUT2D eigenvalue weighted by Crippen LogP contribution is -2.74. The van der Waals surface area contributed by atoms with E-state index in [2.05, 4.69) is 82.4 Å². The third-order valence-corrected chi connectivity index (χ3v) is 10.2. The zero-order valence-electron chi connectivity index (χ0n) is 26.2. The van der Waals surface area contributed by atoms with Crippen LogP contribution in [0.15, 0.2) is 30.4 Å². The molecule has 6 heterocycles. The Morgan fingerprint density at radius 2 is 1.88 bits per heavy atom. The van der Waals surface area contributed by atoms with E-state index in [0.717, 1.165) is 44.5 Å². The van der Waals surface area contributed by atoms with E-state index in [1.807, 2.05) is 23.8 Å². The Balaban J connectivity index is 1.14. The Hall–Kier alpha value is -2.54. The largest absolute Gasteiger partial charge is 0.359 e. The fourth-order valence-corrected chi connectivity index (χ4v) is 8.33. The maximum absolute atomic E-state index is 13.8. The molecule has 1 aromatic rings. The highest BCUT2D eigenvalue weighted by atomic mass is 16.5. The highest BCUT2D eigenvalue weighted by molar-refractivity contribution is 5.85. The molecule has 0 radical (unpaired) electrons. The number of amides is 2. The molecule has 11 heteroatoms. The molecule has 2 amide bonds. The molecule has 0 aliphatic carbocycles. The van der Waals surface area contributed by atoms with Gasteiger partial charge in [0.15, 0.2) is 0 Å². The number of benzene rings is 1. The molecule has 6 aliphatic heterocycles. The Morgan fingerprint density at radius 1 is 1.05 bits per heavy atom. The Labute approximate surface area is 255 Å². The topological polar surface area (TPSA) is 104 Å². The van der Waals surface area contributed by atoms with Crippen LogP contribution < -0.4 is 21.3 Å². The molecule has 234 valence electrons. The minimum Gasteiger partial charge on any atom is -0.359 e. The smallest absolute Gasteiger partial charge is 0.255 e. The quantitative estimate of drug-likeness (QED) is 0.382. The number of likely N-dealkylation sites (N-methyl/N-ethyl adjacent to an activating group) is 1. The molecular formula is C32H48N8O3. The van der Waals surface area contributed by atoms with Crippen LogP contribution in [0.2, 0.25) is 0 Å². The van der Waals surface area contributed by atoms with E-state index < -0.39 is 5.60 Å². The molecule has 6 aliphatic rings. The summed E-state index contributed by atoms with van der Waals surface area (Å²) in [6, 6.07) is 6.71. The van der Waals surface area contributed by atoms with Crippen molar-refractivity contribution in [3.63, 3.8) is 0 Å². The number of fused-ring (bicyclic) bond motifs is 6. The average Bonchev–Trinajstić information content (AvgIpc) is 3.21. The number of hydrazine groups is 1. The van der Waals surface area contributed by atoms with Crippen molar-refractivity contribution >= 4 is 17.5 Å². The van der Waals surface area contributed by atoms with Crippen molar-refractivity contribution in [2.24, 2.45) is 5.92 Å². The van der Waals surface area contributed by atoms with Crippen LogP contribution in [0.1, 0.15) is 64.5 Å². The highest BCUT2D eigenvalue weighted by Gasteiger charge is 2.55. The summed E-state index contributed by atoms with van der Waals surface area (Å²) in [6.45, 7) is 12.2. The second kappa shape index (κ2) is 10.8. The van der Waals surface area contributed by atoms with Crippen LogP contribution in [0.3, 0.4) is 0 Å². The molecule has 4 saturated heterocycles. The third kappa shape index (κ3) is 5.17. The first kappa shape index (κ1) is 29.2. The van der Waals surface area contributed by atoms with Crippen LogP contribution in [0.4, 0.5) is 5.69 Å². The van der Waals surface area contributed by atoms with Gasteiger partial charge in [-0.25, -0.2) is 0 Å². The van der Waals surface area contributed by atoms with Crippen molar-refractivity contribution in [1.82, 2.24) is 35.8 Å². The van der Waals surface area contributed by atoms with Crippen LogP contribution >= 0.6 is 0 Å². The van der Waals surface area contributed by atoms with Gasteiger partial charge in [0.05, 0.1) is 30.9 Å². The standard InChI is InChI=1S/C32H48N8O3/c1-31(2)19-37(5)18-20-16-21(10-11-23(20)31)34-30-33-17-22-26(36-30)40-25-13-12-24-27(35-25)38(29(42)32(3,4)43-24)14-8-6-7-9-15-39(40)28(22)41/h7,9-11,16,22,24-27,30,33-36H,6,8,12-15,17-19H2,1-5H3/b9-7+. The lowest BCUT2D eigenvalue weighted by Gasteiger charge is -2.53. The molecule has 0 spiro atoms. The molecule has 7 rings (SSSR count).